The molecule has 6 nitrogen and oxygen atoms in total. The van der Waals surface area contributed by atoms with Gasteiger partial charge in [-0.05, 0) is 65.8 Å². The maximum absolute atomic E-state index is 13.1. The normalized spacial score (nSPS) is 12.4. The number of carbonyl (C=O) groups excluding carboxylic acids is 2. The van der Waals surface area contributed by atoms with Crippen LogP contribution in [0.15, 0.2) is 24.3 Å². The summed E-state index contributed by atoms with van der Waals surface area (Å²) in [5, 5.41) is 4.28. The van der Waals surface area contributed by atoms with Gasteiger partial charge in [-0.25, -0.2) is 13.9 Å². The van der Waals surface area contributed by atoms with Gasteiger partial charge in [0.2, 0.25) is 0 Å². The molecule has 1 aromatic heterocycles. The molecule has 0 saturated heterocycles. The molecule has 0 saturated carbocycles. The minimum atomic E-state index is -0.970. The van der Waals surface area contributed by atoms with Crippen molar-refractivity contribution in [1.82, 2.24) is 14.7 Å². The summed E-state index contributed by atoms with van der Waals surface area (Å²) < 4.78 is 19.8. The molecule has 1 amide bonds. The third-order valence-corrected chi connectivity index (χ3v) is 4.63. The van der Waals surface area contributed by atoms with Crippen LogP contribution in [-0.2, 0) is 9.53 Å². The van der Waals surface area contributed by atoms with Crippen LogP contribution >= 0.6 is 11.6 Å². The van der Waals surface area contributed by atoms with Gasteiger partial charge in [0, 0.05) is 12.1 Å². The van der Waals surface area contributed by atoms with Crippen LogP contribution in [0.25, 0.3) is 5.69 Å². The highest BCUT2D eigenvalue weighted by molar-refractivity contribution is 6.33. The molecule has 0 bridgehead atoms. The second-order valence-electron chi connectivity index (χ2n) is 7.12. The van der Waals surface area contributed by atoms with Crippen LogP contribution in [0.2, 0.25) is 5.15 Å². The molecule has 0 N–H and O–H groups in total. The van der Waals surface area contributed by atoms with Crippen LogP contribution in [0.5, 0.6) is 0 Å². The van der Waals surface area contributed by atoms with E-state index in [0.717, 1.165) is 0 Å². The van der Waals surface area contributed by atoms with Gasteiger partial charge in [0.15, 0.2) is 6.10 Å². The molecule has 8 heteroatoms. The number of aryl methyl sites for hydroxylation is 1. The maximum atomic E-state index is 13.1. The molecule has 0 spiro atoms. The highest BCUT2D eigenvalue weighted by atomic mass is 35.5. The van der Waals surface area contributed by atoms with Gasteiger partial charge in [-0.15, -0.1) is 0 Å². The van der Waals surface area contributed by atoms with E-state index in [1.807, 2.05) is 27.7 Å². The highest BCUT2D eigenvalue weighted by Crippen LogP contribution is 2.25. The van der Waals surface area contributed by atoms with Crippen LogP contribution in [0.3, 0.4) is 0 Å². The molecule has 0 unspecified atom stereocenters. The van der Waals surface area contributed by atoms with Crippen molar-refractivity contribution >= 4 is 23.5 Å². The lowest BCUT2D eigenvalue weighted by atomic mass is 10.2. The number of rotatable bonds is 6. The molecule has 0 fully saturated rings. The number of esters is 1. The first kappa shape index (κ1) is 21.9. The van der Waals surface area contributed by atoms with Crippen LogP contribution in [0.1, 0.15) is 50.7 Å². The van der Waals surface area contributed by atoms with Gasteiger partial charge in [-0.2, -0.15) is 5.10 Å². The number of nitrogens with zero attached hydrogens (tertiary/aromatic N) is 3. The first-order chi connectivity index (χ1) is 13.0. The Bertz CT molecular complexity index is 854. The molecular formula is C20H25ClFN3O3. The lowest BCUT2D eigenvalue weighted by molar-refractivity contribution is -0.143. The Morgan fingerprint density at radius 2 is 1.64 bits per heavy atom. The Kier molecular flexibility index (Phi) is 6.82. The van der Waals surface area contributed by atoms with Gasteiger partial charge in [-0.1, -0.05) is 11.6 Å². The Balaban J connectivity index is 2.25. The molecule has 2 rings (SSSR count). The number of aromatic nitrogens is 2. The van der Waals surface area contributed by atoms with Crippen molar-refractivity contribution in [3.8, 4) is 5.69 Å². The van der Waals surface area contributed by atoms with E-state index in [4.69, 9.17) is 16.3 Å². The zero-order valence-corrected chi connectivity index (χ0v) is 17.6. The van der Waals surface area contributed by atoms with Crippen molar-refractivity contribution in [3.05, 3.63) is 46.5 Å². The summed E-state index contributed by atoms with van der Waals surface area (Å²) in [5.41, 5.74) is 0.929. The fraction of sp³-hybridized carbons (Fsp3) is 0.450. The van der Waals surface area contributed by atoms with Crippen molar-refractivity contribution in [2.75, 3.05) is 0 Å². The van der Waals surface area contributed by atoms with Gasteiger partial charge in [0.05, 0.1) is 11.4 Å². The number of ether oxygens (including phenoxy) is 1. The quantitative estimate of drug-likeness (QED) is 0.672. The Hall–Kier alpha value is -2.41. The largest absolute Gasteiger partial charge is 0.449 e. The fourth-order valence-corrected chi connectivity index (χ4v) is 3.42. The monoisotopic (exact) mass is 409 g/mol. The van der Waals surface area contributed by atoms with Gasteiger partial charge in [-0.3, -0.25) is 4.79 Å². The predicted octanol–water partition coefficient (Wildman–Crippen LogP) is 4.16. The van der Waals surface area contributed by atoms with E-state index >= 15 is 0 Å². The molecule has 152 valence electrons. The van der Waals surface area contributed by atoms with Gasteiger partial charge in [0.25, 0.3) is 5.91 Å². The van der Waals surface area contributed by atoms with Crippen LogP contribution in [0, 0.1) is 12.7 Å². The number of amides is 1. The molecule has 1 heterocycles. The first-order valence-corrected chi connectivity index (χ1v) is 9.46. The number of carbonyl (C=O) groups is 2. The Labute approximate surface area is 169 Å². The van der Waals surface area contributed by atoms with E-state index in [1.165, 1.54) is 35.9 Å². The van der Waals surface area contributed by atoms with Crippen molar-refractivity contribution in [1.29, 1.82) is 0 Å². The number of halogens is 2. The summed E-state index contributed by atoms with van der Waals surface area (Å²) in [7, 11) is 0. The molecule has 2 aromatic rings. The Morgan fingerprint density at radius 3 is 2.14 bits per heavy atom. The standard InChI is InChI=1S/C20H25ClFN3O3/c1-11(2)24(12(3)4)19(26)14(6)28-20(27)17-13(5)23-25(18(17)21)16-9-7-15(22)8-10-16/h7-12,14H,1-6H3/t14-/m1/s1. The van der Waals surface area contributed by atoms with Crippen LogP contribution in [-0.4, -0.2) is 44.7 Å². The maximum Gasteiger partial charge on any atom is 0.344 e. The van der Waals surface area contributed by atoms with E-state index in [0.29, 0.717) is 11.4 Å². The van der Waals surface area contributed by atoms with Crippen molar-refractivity contribution < 1.29 is 18.7 Å². The van der Waals surface area contributed by atoms with E-state index in [9.17, 15) is 14.0 Å². The Morgan fingerprint density at radius 1 is 1.11 bits per heavy atom. The van der Waals surface area contributed by atoms with Crippen molar-refractivity contribution in [3.63, 3.8) is 0 Å². The number of hydrogen-bond acceptors (Lipinski definition) is 4. The van der Waals surface area contributed by atoms with Crippen molar-refractivity contribution in [2.45, 2.75) is 59.7 Å². The third-order valence-electron chi connectivity index (χ3n) is 4.28. The van der Waals surface area contributed by atoms with Gasteiger partial charge in [0.1, 0.15) is 16.5 Å². The summed E-state index contributed by atoms with van der Waals surface area (Å²) in [4.78, 5) is 27.0. The molecule has 0 radical (unpaired) electrons. The molecule has 28 heavy (non-hydrogen) atoms. The summed E-state index contributed by atoms with van der Waals surface area (Å²) in [6.45, 7) is 10.8. The second-order valence-corrected chi connectivity index (χ2v) is 7.48. The topological polar surface area (TPSA) is 64.4 Å². The summed E-state index contributed by atoms with van der Waals surface area (Å²) in [6.07, 6.45) is -0.970. The van der Waals surface area contributed by atoms with E-state index in [1.54, 1.807) is 11.8 Å². The highest BCUT2D eigenvalue weighted by Gasteiger charge is 2.30. The minimum absolute atomic E-state index is 0.0276. The number of hydrogen-bond donors (Lipinski definition) is 0. The zero-order valence-electron chi connectivity index (χ0n) is 16.9. The van der Waals surface area contributed by atoms with Gasteiger partial charge >= 0.3 is 5.97 Å². The average Bonchev–Trinajstić information content (AvgIpc) is 2.89. The SMILES string of the molecule is Cc1nn(-c2ccc(F)cc2)c(Cl)c1C(=O)O[C@H](C)C(=O)N(C(C)C)C(C)C. The molecule has 1 aromatic carbocycles. The van der Waals surface area contributed by atoms with Gasteiger partial charge < -0.3 is 9.64 Å². The summed E-state index contributed by atoms with van der Waals surface area (Å²) >= 11 is 6.34. The summed E-state index contributed by atoms with van der Waals surface area (Å²) in [6, 6.07) is 5.48. The lowest BCUT2D eigenvalue weighted by Crippen LogP contribution is -2.47. The molecule has 1 atom stereocenters. The second kappa shape index (κ2) is 8.73. The number of benzene rings is 1. The third kappa shape index (κ3) is 4.52. The van der Waals surface area contributed by atoms with Crippen LogP contribution < -0.4 is 0 Å². The fourth-order valence-electron chi connectivity index (χ4n) is 3.07. The minimum Gasteiger partial charge on any atom is -0.449 e. The molecular weight excluding hydrogens is 385 g/mol. The van der Waals surface area contributed by atoms with E-state index in [2.05, 4.69) is 5.10 Å². The predicted molar refractivity (Wildman–Crippen MR) is 105 cm³/mol. The first-order valence-electron chi connectivity index (χ1n) is 9.08. The van der Waals surface area contributed by atoms with Crippen LogP contribution in [0.4, 0.5) is 4.39 Å². The molecule has 0 aliphatic carbocycles. The zero-order chi connectivity index (χ0) is 21.2. The van der Waals surface area contributed by atoms with E-state index < -0.39 is 17.9 Å². The van der Waals surface area contributed by atoms with E-state index in [-0.39, 0.29) is 28.7 Å². The summed E-state index contributed by atoms with van der Waals surface area (Å²) in [5.74, 6) is -1.40. The molecule has 0 aliphatic heterocycles. The van der Waals surface area contributed by atoms with Crippen molar-refractivity contribution in [2.24, 2.45) is 0 Å². The smallest absolute Gasteiger partial charge is 0.344 e. The average molecular weight is 410 g/mol. The lowest BCUT2D eigenvalue weighted by Gasteiger charge is -2.32. The molecule has 0 aliphatic rings.